The second kappa shape index (κ2) is 7.71. The zero-order valence-corrected chi connectivity index (χ0v) is 18.9. The lowest BCUT2D eigenvalue weighted by atomic mass is 9.67. The van der Waals surface area contributed by atoms with Crippen LogP contribution < -0.4 is 15.5 Å². The van der Waals surface area contributed by atoms with Gasteiger partial charge in [-0.2, -0.15) is 0 Å². The van der Waals surface area contributed by atoms with Crippen LogP contribution in [-0.4, -0.2) is 68.4 Å². The van der Waals surface area contributed by atoms with E-state index in [1.54, 1.807) is 11.8 Å². The van der Waals surface area contributed by atoms with Gasteiger partial charge in [0, 0.05) is 25.4 Å². The number of ether oxygens (including phenoxy) is 1. The van der Waals surface area contributed by atoms with Gasteiger partial charge in [0.1, 0.15) is 22.1 Å². The van der Waals surface area contributed by atoms with Crippen molar-refractivity contribution in [2.75, 3.05) is 11.4 Å². The van der Waals surface area contributed by atoms with Crippen LogP contribution in [0.3, 0.4) is 0 Å². The first-order chi connectivity index (χ1) is 16.1. The van der Waals surface area contributed by atoms with E-state index in [2.05, 4.69) is 25.6 Å². The maximum atomic E-state index is 13.2. The third-order valence-electron chi connectivity index (χ3n) is 6.40. The first-order valence-corrected chi connectivity index (χ1v) is 10.9. The molecule has 0 radical (unpaired) electrons. The predicted molar refractivity (Wildman–Crippen MR) is 118 cm³/mol. The fourth-order valence-corrected chi connectivity index (χ4v) is 5.42. The number of carbonyl (C=O) groups excluding carboxylic acids is 3. The standard InChI is InChI=1S/C21H20ClN7O5/c1-8-7-29-15-10(26-14(16(30)12(15)22)13(23)11-6-24-3-4-25-11)5-21(17(29)9(2)34-8)18(31)27-20(33)28-19(21)32/h3-4,6,8-9,17,23,30H,5,7H2,1-2H3,(H2,27,28,31,32,33)/t8-,9+,17-/m1/s1. The molecule has 34 heavy (non-hydrogen) atoms. The Morgan fingerprint density at radius 3 is 2.62 bits per heavy atom. The van der Waals surface area contributed by atoms with Crippen LogP contribution >= 0.6 is 11.6 Å². The monoisotopic (exact) mass is 485 g/mol. The molecule has 0 aliphatic carbocycles. The number of anilines is 1. The number of aromatic hydroxyl groups is 1. The summed E-state index contributed by atoms with van der Waals surface area (Å²) in [5.41, 5.74) is -1.42. The lowest BCUT2D eigenvalue weighted by molar-refractivity contribution is -0.153. The highest BCUT2D eigenvalue weighted by Gasteiger charge is 2.63. The van der Waals surface area contributed by atoms with Gasteiger partial charge in [-0.05, 0) is 13.8 Å². The molecule has 3 aliphatic rings. The van der Waals surface area contributed by atoms with Crippen LogP contribution in [-0.2, 0) is 20.7 Å². The Morgan fingerprint density at radius 2 is 1.97 bits per heavy atom. The lowest BCUT2D eigenvalue weighted by Gasteiger charge is -2.55. The first kappa shape index (κ1) is 22.2. The topological polar surface area (TPSA) is 170 Å². The van der Waals surface area contributed by atoms with Crippen LogP contribution in [0.4, 0.5) is 10.5 Å². The third kappa shape index (κ3) is 3.06. The van der Waals surface area contributed by atoms with Gasteiger partial charge in [0.25, 0.3) is 0 Å². The number of hydrogen-bond donors (Lipinski definition) is 4. The zero-order valence-electron chi connectivity index (χ0n) is 18.1. The molecular weight excluding hydrogens is 466 g/mol. The number of fused-ring (bicyclic) bond motifs is 4. The smallest absolute Gasteiger partial charge is 0.328 e. The van der Waals surface area contributed by atoms with Gasteiger partial charge in [-0.3, -0.25) is 35.6 Å². The molecule has 0 unspecified atom stereocenters. The summed E-state index contributed by atoms with van der Waals surface area (Å²) in [6.07, 6.45) is 3.06. The summed E-state index contributed by atoms with van der Waals surface area (Å²) in [5, 5.41) is 23.7. The number of amides is 4. The summed E-state index contributed by atoms with van der Waals surface area (Å²) in [6, 6.07) is -1.73. The van der Waals surface area contributed by atoms with Gasteiger partial charge in [-0.25, -0.2) is 9.78 Å². The van der Waals surface area contributed by atoms with Gasteiger partial charge in [0.2, 0.25) is 11.8 Å². The number of hydrogen-bond acceptors (Lipinski definition) is 10. The molecule has 0 saturated carbocycles. The molecule has 4 amide bonds. The Labute approximate surface area is 198 Å². The van der Waals surface area contributed by atoms with E-state index in [9.17, 15) is 19.5 Å². The molecule has 5 rings (SSSR count). The molecule has 12 nitrogen and oxygen atoms in total. The maximum Gasteiger partial charge on any atom is 0.328 e. The van der Waals surface area contributed by atoms with Gasteiger partial charge in [0.05, 0.1) is 35.8 Å². The highest BCUT2D eigenvalue weighted by Crippen LogP contribution is 2.50. The van der Waals surface area contributed by atoms with E-state index in [1.807, 2.05) is 6.92 Å². The van der Waals surface area contributed by atoms with Gasteiger partial charge >= 0.3 is 6.03 Å². The number of morpholine rings is 1. The molecule has 2 fully saturated rings. The lowest BCUT2D eigenvalue weighted by Crippen LogP contribution is -2.75. The summed E-state index contributed by atoms with van der Waals surface area (Å²) in [4.78, 5) is 52.5. The average molecular weight is 486 g/mol. The van der Waals surface area contributed by atoms with Crippen molar-refractivity contribution in [1.82, 2.24) is 25.6 Å². The van der Waals surface area contributed by atoms with Gasteiger partial charge in [0.15, 0.2) is 11.2 Å². The van der Waals surface area contributed by atoms with Crippen molar-refractivity contribution in [3.63, 3.8) is 0 Å². The summed E-state index contributed by atoms with van der Waals surface area (Å²) in [6.45, 7) is 3.81. The molecule has 2 aromatic heterocycles. The van der Waals surface area contributed by atoms with Crippen molar-refractivity contribution in [3.05, 3.63) is 40.7 Å². The van der Waals surface area contributed by atoms with E-state index in [0.29, 0.717) is 5.69 Å². The van der Waals surface area contributed by atoms with Crippen molar-refractivity contribution in [2.24, 2.45) is 5.41 Å². The Bertz CT molecular complexity index is 1230. The molecule has 2 aromatic rings. The van der Waals surface area contributed by atoms with Crippen molar-refractivity contribution in [1.29, 1.82) is 5.41 Å². The van der Waals surface area contributed by atoms with Crippen molar-refractivity contribution < 1.29 is 24.2 Å². The summed E-state index contributed by atoms with van der Waals surface area (Å²) >= 11 is 6.63. The summed E-state index contributed by atoms with van der Waals surface area (Å²) < 4.78 is 5.95. The normalized spacial score (nSPS) is 25.3. The largest absolute Gasteiger partial charge is 0.504 e. The summed E-state index contributed by atoms with van der Waals surface area (Å²) in [5.74, 6) is -1.97. The van der Waals surface area contributed by atoms with Gasteiger partial charge in [-0.15, -0.1) is 0 Å². The minimum absolute atomic E-state index is 0.0671. The minimum Gasteiger partial charge on any atom is -0.504 e. The number of barbiturate groups is 1. The number of carbonyl (C=O) groups is 3. The van der Waals surface area contributed by atoms with Gasteiger partial charge < -0.3 is 14.7 Å². The molecular formula is C21H20ClN7O5. The maximum absolute atomic E-state index is 13.2. The number of imide groups is 2. The number of halogens is 1. The van der Waals surface area contributed by atoms with E-state index >= 15 is 0 Å². The zero-order chi connectivity index (χ0) is 24.4. The molecule has 0 bridgehead atoms. The van der Waals surface area contributed by atoms with E-state index in [0.717, 1.165) is 0 Å². The van der Waals surface area contributed by atoms with Crippen molar-refractivity contribution >= 4 is 40.8 Å². The van der Waals surface area contributed by atoms with Crippen molar-refractivity contribution in [3.8, 4) is 5.75 Å². The van der Waals surface area contributed by atoms with Crippen molar-refractivity contribution in [2.45, 2.75) is 38.5 Å². The summed E-state index contributed by atoms with van der Waals surface area (Å²) in [7, 11) is 0. The molecule has 3 aliphatic heterocycles. The Morgan fingerprint density at radius 1 is 1.26 bits per heavy atom. The van der Waals surface area contributed by atoms with Crippen LogP contribution in [0.25, 0.3) is 0 Å². The minimum atomic E-state index is -1.75. The van der Waals surface area contributed by atoms with Crippen LogP contribution in [0.2, 0.25) is 5.02 Å². The predicted octanol–water partition coefficient (Wildman–Crippen LogP) is 0.537. The molecule has 3 atom stereocenters. The Hall–Kier alpha value is -3.64. The highest BCUT2D eigenvalue weighted by atomic mass is 35.5. The second-order valence-corrected chi connectivity index (χ2v) is 8.90. The highest BCUT2D eigenvalue weighted by molar-refractivity contribution is 6.36. The molecule has 4 N–H and O–H groups in total. The number of pyridine rings is 1. The average Bonchev–Trinajstić information content (AvgIpc) is 2.79. The van der Waals surface area contributed by atoms with E-state index in [-0.39, 0.29) is 46.9 Å². The Kier molecular flexibility index (Phi) is 5.02. The fourth-order valence-electron chi connectivity index (χ4n) is 5.11. The van der Waals surface area contributed by atoms with Crippen LogP contribution in [0, 0.1) is 10.8 Å². The first-order valence-electron chi connectivity index (χ1n) is 10.5. The number of nitrogens with one attached hydrogen (secondary N) is 3. The molecule has 176 valence electrons. The number of rotatable bonds is 2. The third-order valence-corrected chi connectivity index (χ3v) is 6.76. The van der Waals surface area contributed by atoms with Crippen LogP contribution in [0.5, 0.6) is 5.75 Å². The molecule has 2 saturated heterocycles. The number of nitrogens with zero attached hydrogens (tertiary/aromatic N) is 4. The van der Waals surface area contributed by atoms with Crippen LogP contribution in [0.15, 0.2) is 18.6 Å². The molecule has 13 heteroatoms. The SMILES string of the molecule is C[C@@H]1CN2c3c(nc(C(=N)c4cnccn4)c(O)c3Cl)CC3(C(=O)NC(=O)NC3=O)[C@H]2[C@H](C)O1. The van der Waals surface area contributed by atoms with Crippen LogP contribution in [0.1, 0.15) is 30.9 Å². The molecule has 1 spiro atoms. The molecule has 5 heterocycles. The second-order valence-electron chi connectivity index (χ2n) is 8.52. The van der Waals surface area contributed by atoms with E-state index < -0.39 is 41.2 Å². The van der Waals surface area contributed by atoms with E-state index in [4.69, 9.17) is 21.7 Å². The van der Waals surface area contributed by atoms with E-state index in [1.165, 1.54) is 18.6 Å². The number of urea groups is 1. The quantitative estimate of drug-likeness (QED) is 0.350. The molecule has 0 aromatic carbocycles. The Balaban J connectivity index is 1.72. The number of aromatic nitrogens is 3. The van der Waals surface area contributed by atoms with Gasteiger partial charge in [-0.1, -0.05) is 11.6 Å². The fraction of sp³-hybridized carbons (Fsp3) is 0.381.